The third-order valence-electron chi connectivity index (χ3n) is 6.31. The number of amides is 2. The zero-order valence-electron chi connectivity index (χ0n) is 18.5. The average Bonchev–Trinajstić information content (AvgIpc) is 3.64. The fourth-order valence-electron chi connectivity index (χ4n) is 4.34. The number of ether oxygens (including phenoxy) is 1. The number of carbonyl (C=O) groups is 2. The Bertz CT molecular complexity index is 868. The van der Waals surface area contributed by atoms with Crippen molar-refractivity contribution in [3.63, 3.8) is 0 Å². The quantitative estimate of drug-likeness (QED) is 0.563. The zero-order chi connectivity index (χ0) is 22.2. The molecule has 2 N–H and O–H groups in total. The van der Waals surface area contributed by atoms with Gasteiger partial charge in [-0.2, -0.15) is 0 Å². The van der Waals surface area contributed by atoms with Gasteiger partial charge in [-0.15, -0.1) is 0 Å². The van der Waals surface area contributed by atoms with Gasteiger partial charge in [-0.3, -0.25) is 9.59 Å². The van der Waals surface area contributed by atoms with E-state index in [0.717, 1.165) is 19.4 Å². The fourth-order valence-corrected chi connectivity index (χ4v) is 4.34. The van der Waals surface area contributed by atoms with Crippen molar-refractivity contribution < 1.29 is 14.3 Å². The van der Waals surface area contributed by atoms with Crippen LogP contribution in [0, 0.1) is 0 Å². The molecule has 6 heteroatoms. The predicted molar refractivity (Wildman–Crippen MR) is 125 cm³/mol. The maximum Gasteiger partial charge on any atom is 0.251 e. The molecule has 2 amide bonds. The predicted octanol–water partition coefficient (Wildman–Crippen LogP) is 2.96. The molecule has 0 bridgehead atoms. The maximum absolute atomic E-state index is 13.1. The maximum atomic E-state index is 13.1. The molecule has 2 aromatic carbocycles. The molecule has 2 aromatic rings. The molecule has 1 aliphatic carbocycles. The number of hydrogen-bond donors (Lipinski definition) is 2. The average molecular weight is 436 g/mol. The van der Waals surface area contributed by atoms with Crippen molar-refractivity contribution in [2.24, 2.45) is 0 Å². The van der Waals surface area contributed by atoms with Gasteiger partial charge >= 0.3 is 0 Å². The summed E-state index contributed by atoms with van der Waals surface area (Å²) in [7, 11) is 0. The Kier molecular flexibility index (Phi) is 7.91. The van der Waals surface area contributed by atoms with Crippen LogP contribution in [0.5, 0.6) is 0 Å². The van der Waals surface area contributed by atoms with E-state index in [9.17, 15) is 9.59 Å². The lowest BCUT2D eigenvalue weighted by Gasteiger charge is -2.30. The highest BCUT2D eigenvalue weighted by Crippen LogP contribution is 2.40. The lowest BCUT2D eigenvalue weighted by molar-refractivity contribution is -0.137. The molecule has 0 radical (unpaired) electrons. The summed E-state index contributed by atoms with van der Waals surface area (Å²) in [5, 5.41) is 6.62. The molecule has 4 rings (SSSR count). The summed E-state index contributed by atoms with van der Waals surface area (Å²) in [6.07, 6.45) is 3.69. The number of benzene rings is 2. The van der Waals surface area contributed by atoms with Crippen LogP contribution in [0.4, 0.5) is 0 Å². The minimum absolute atomic E-state index is 0.00289. The van der Waals surface area contributed by atoms with Crippen LogP contribution in [-0.2, 0) is 9.53 Å². The number of unbranched alkanes of at least 4 members (excludes halogenated alkanes) is 1. The molecule has 3 atom stereocenters. The Morgan fingerprint density at radius 1 is 0.969 bits per heavy atom. The highest BCUT2D eigenvalue weighted by molar-refractivity contribution is 5.97. The molecule has 1 saturated carbocycles. The summed E-state index contributed by atoms with van der Waals surface area (Å²) in [5.74, 6) is 0.424. The first-order valence-electron chi connectivity index (χ1n) is 11.7. The molecule has 0 aromatic heterocycles. The van der Waals surface area contributed by atoms with E-state index in [2.05, 4.69) is 41.0 Å². The largest absolute Gasteiger partial charge is 0.378 e. The summed E-state index contributed by atoms with van der Waals surface area (Å²) in [6, 6.07) is 19.8. The van der Waals surface area contributed by atoms with Gasteiger partial charge in [0.05, 0.1) is 13.2 Å². The summed E-state index contributed by atoms with van der Waals surface area (Å²) in [4.78, 5) is 27.6. The second kappa shape index (κ2) is 11.2. The van der Waals surface area contributed by atoms with Crippen LogP contribution in [0.1, 0.15) is 47.5 Å². The molecule has 0 spiro atoms. The molecule has 1 unspecified atom stereocenters. The van der Waals surface area contributed by atoms with Gasteiger partial charge < -0.3 is 20.3 Å². The normalized spacial score (nSPS) is 21.1. The van der Waals surface area contributed by atoms with Crippen molar-refractivity contribution in [3.05, 3.63) is 71.8 Å². The van der Waals surface area contributed by atoms with Crippen molar-refractivity contribution in [1.29, 1.82) is 0 Å². The second-order valence-electron chi connectivity index (χ2n) is 8.64. The Morgan fingerprint density at radius 2 is 1.66 bits per heavy atom. The number of morpholine rings is 1. The Labute approximate surface area is 190 Å². The SMILES string of the molecule is O=C(N[C@@H](CCCCNC1C[C@H]1c1ccccc1)C(=O)N1CCOCC1)c1ccccc1. The topological polar surface area (TPSA) is 70.7 Å². The van der Waals surface area contributed by atoms with Crippen LogP contribution in [0.25, 0.3) is 0 Å². The Morgan fingerprint density at radius 3 is 2.38 bits per heavy atom. The van der Waals surface area contributed by atoms with Gasteiger partial charge in [0.15, 0.2) is 0 Å². The van der Waals surface area contributed by atoms with Crippen LogP contribution in [0.2, 0.25) is 0 Å². The zero-order valence-corrected chi connectivity index (χ0v) is 18.5. The first-order valence-corrected chi connectivity index (χ1v) is 11.7. The molecule has 2 fully saturated rings. The van der Waals surface area contributed by atoms with E-state index < -0.39 is 6.04 Å². The number of hydrogen-bond acceptors (Lipinski definition) is 4. The summed E-state index contributed by atoms with van der Waals surface area (Å²) < 4.78 is 5.37. The summed E-state index contributed by atoms with van der Waals surface area (Å²) in [6.45, 7) is 3.21. The smallest absolute Gasteiger partial charge is 0.251 e. The first kappa shape index (κ1) is 22.5. The standard InChI is InChI=1S/C26H33N3O3/c30-25(21-11-5-2-6-12-21)28-23(26(31)29-15-17-32-18-16-29)13-7-8-14-27-24-19-22(24)20-9-3-1-4-10-20/h1-6,9-12,22-24,27H,7-8,13-19H2,(H,28,30)/t22-,23-,24?/m0/s1. The molecule has 1 aliphatic heterocycles. The van der Waals surface area contributed by atoms with E-state index in [-0.39, 0.29) is 11.8 Å². The van der Waals surface area contributed by atoms with E-state index in [1.165, 1.54) is 12.0 Å². The molecule has 1 saturated heterocycles. The molecule has 170 valence electrons. The Hall–Kier alpha value is -2.70. The van der Waals surface area contributed by atoms with Gasteiger partial charge in [0, 0.05) is 30.6 Å². The van der Waals surface area contributed by atoms with Gasteiger partial charge in [0.1, 0.15) is 6.04 Å². The molecule has 1 heterocycles. The molecule has 32 heavy (non-hydrogen) atoms. The minimum Gasteiger partial charge on any atom is -0.378 e. The third-order valence-corrected chi connectivity index (χ3v) is 6.31. The molecular weight excluding hydrogens is 402 g/mol. The van der Waals surface area contributed by atoms with Crippen molar-refractivity contribution >= 4 is 11.8 Å². The Balaban J connectivity index is 1.24. The van der Waals surface area contributed by atoms with E-state index in [0.29, 0.717) is 50.2 Å². The van der Waals surface area contributed by atoms with Gasteiger partial charge in [0.25, 0.3) is 5.91 Å². The highest BCUT2D eigenvalue weighted by Gasteiger charge is 2.37. The summed E-state index contributed by atoms with van der Waals surface area (Å²) >= 11 is 0. The summed E-state index contributed by atoms with van der Waals surface area (Å²) in [5.41, 5.74) is 1.99. The third kappa shape index (κ3) is 6.17. The van der Waals surface area contributed by atoms with Crippen molar-refractivity contribution in [2.45, 2.75) is 43.7 Å². The molecule has 6 nitrogen and oxygen atoms in total. The number of rotatable bonds is 10. The lowest BCUT2D eigenvalue weighted by atomic mass is 10.1. The van der Waals surface area contributed by atoms with Crippen LogP contribution in [-0.4, -0.2) is 61.6 Å². The van der Waals surface area contributed by atoms with Crippen molar-refractivity contribution in [2.75, 3.05) is 32.8 Å². The van der Waals surface area contributed by atoms with Crippen LogP contribution in [0.3, 0.4) is 0 Å². The lowest BCUT2D eigenvalue weighted by Crippen LogP contribution is -2.51. The van der Waals surface area contributed by atoms with Gasteiger partial charge in [-0.05, 0) is 49.9 Å². The number of carbonyl (C=O) groups excluding carboxylic acids is 2. The highest BCUT2D eigenvalue weighted by atomic mass is 16.5. The van der Waals surface area contributed by atoms with Crippen molar-refractivity contribution in [3.8, 4) is 0 Å². The second-order valence-corrected chi connectivity index (χ2v) is 8.64. The monoisotopic (exact) mass is 435 g/mol. The van der Waals surface area contributed by atoms with Crippen LogP contribution < -0.4 is 10.6 Å². The van der Waals surface area contributed by atoms with Gasteiger partial charge in [-0.25, -0.2) is 0 Å². The van der Waals surface area contributed by atoms with Gasteiger partial charge in [0.2, 0.25) is 5.91 Å². The van der Waals surface area contributed by atoms with Gasteiger partial charge in [-0.1, -0.05) is 48.5 Å². The number of nitrogens with zero attached hydrogens (tertiary/aromatic N) is 1. The van der Waals surface area contributed by atoms with E-state index in [1.807, 2.05) is 23.1 Å². The molecule has 2 aliphatic rings. The van der Waals surface area contributed by atoms with Crippen molar-refractivity contribution in [1.82, 2.24) is 15.5 Å². The van der Waals surface area contributed by atoms with E-state index in [1.54, 1.807) is 12.1 Å². The fraction of sp³-hybridized carbons (Fsp3) is 0.462. The van der Waals surface area contributed by atoms with E-state index in [4.69, 9.17) is 4.74 Å². The van der Waals surface area contributed by atoms with Crippen LogP contribution >= 0.6 is 0 Å². The van der Waals surface area contributed by atoms with E-state index >= 15 is 0 Å². The number of nitrogens with one attached hydrogen (secondary N) is 2. The first-order chi connectivity index (χ1) is 15.7. The minimum atomic E-state index is -0.501. The molecular formula is C26H33N3O3. The van der Waals surface area contributed by atoms with Crippen LogP contribution in [0.15, 0.2) is 60.7 Å².